The lowest BCUT2D eigenvalue weighted by molar-refractivity contribution is 0.173. The summed E-state index contributed by atoms with van der Waals surface area (Å²) in [5.41, 5.74) is 1.71. The van der Waals surface area contributed by atoms with Crippen LogP contribution in [0.1, 0.15) is 17.4 Å². The number of amides is 2. The maximum Gasteiger partial charge on any atom is 0.314 e. The summed E-state index contributed by atoms with van der Waals surface area (Å²) in [7, 11) is 0. The first-order valence-corrected chi connectivity index (χ1v) is 8.31. The van der Waals surface area contributed by atoms with E-state index < -0.39 is 6.10 Å². The molecule has 2 aromatic carbocycles. The number of rotatable bonds is 6. The van der Waals surface area contributed by atoms with E-state index in [9.17, 15) is 9.90 Å². The minimum atomic E-state index is -0.744. The molecule has 1 atom stereocenters. The summed E-state index contributed by atoms with van der Waals surface area (Å²) < 4.78 is 0. The number of carbonyl (C=O) groups is 1. The summed E-state index contributed by atoms with van der Waals surface area (Å²) >= 11 is 0. The van der Waals surface area contributed by atoms with Gasteiger partial charge in [-0.15, -0.1) is 0 Å². The van der Waals surface area contributed by atoms with E-state index in [2.05, 4.69) is 15.6 Å². The predicted octanol–water partition coefficient (Wildman–Crippen LogP) is 2.81. The summed E-state index contributed by atoms with van der Waals surface area (Å²) in [6, 6.07) is 19.2. The molecule has 1 unspecified atom stereocenters. The maximum atomic E-state index is 11.8. The van der Waals surface area contributed by atoms with E-state index in [0.717, 1.165) is 22.0 Å². The fraction of sp³-hybridized carbons (Fsp3) is 0.200. The Hall–Kier alpha value is -2.92. The van der Waals surface area contributed by atoms with Gasteiger partial charge < -0.3 is 15.7 Å². The second-order valence-corrected chi connectivity index (χ2v) is 5.83. The van der Waals surface area contributed by atoms with E-state index in [1.165, 1.54) is 0 Å². The van der Waals surface area contributed by atoms with Gasteiger partial charge in [-0.05, 0) is 34.5 Å². The molecule has 0 spiro atoms. The van der Waals surface area contributed by atoms with Crippen molar-refractivity contribution in [2.75, 3.05) is 13.1 Å². The van der Waals surface area contributed by atoms with E-state index in [0.29, 0.717) is 13.0 Å². The van der Waals surface area contributed by atoms with E-state index in [-0.39, 0.29) is 12.6 Å². The largest absolute Gasteiger partial charge is 0.387 e. The van der Waals surface area contributed by atoms with E-state index in [1.54, 1.807) is 6.20 Å². The lowest BCUT2D eigenvalue weighted by Gasteiger charge is -2.13. The van der Waals surface area contributed by atoms with Gasteiger partial charge in [0.05, 0.1) is 6.10 Å². The van der Waals surface area contributed by atoms with Crippen LogP contribution in [0.3, 0.4) is 0 Å². The van der Waals surface area contributed by atoms with Gasteiger partial charge in [-0.3, -0.25) is 4.98 Å². The fourth-order valence-electron chi connectivity index (χ4n) is 2.63. The molecule has 3 aromatic rings. The van der Waals surface area contributed by atoms with E-state index in [4.69, 9.17) is 0 Å². The van der Waals surface area contributed by atoms with Gasteiger partial charge in [0.25, 0.3) is 0 Å². The van der Waals surface area contributed by atoms with Gasteiger partial charge in [-0.25, -0.2) is 4.79 Å². The molecule has 0 fully saturated rings. The van der Waals surface area contributed by atoms with Crippen molar-refractivity contribution in [1.29, 1.82) is 0 Å². The zero-order valence-electron chi connectivity index (χ0n) is 13.9. The molecule has 0 bridgehead atoms. The second kappa shape index (κ2) is 8.26. The molecule has 5 nitrogen and oxygen atoms in total. The van der Waals surface area contributed by atoms with Crippen molar-refractivity contribution < 1.29 is 9.90 Å². The molecule has 1 aromatic heterocycles. The lowest BCUT2D eigenvalue weighted by Crippen LogP contribution is -2.38. The Balaban J connectivity index is 1.46. The first kappa shape index (κ1) is 16.9. The molecular formula is C20H21N3O2. The minimum Gasteiger partial charge on any atom is -0.387 e. The Morgan fingerprint density at radius 2 is 1.80 bits per heavy atom. The number of hydrogen-bond acceptors (Lipinski definition) is 3. The summed E-state index contributed by atoms with van der Waals surface area (Å²) in [5, 5.41) is 17.9. The molecule has 3 N–H and O–H groups in total. The number of fused-ring (bicyclic) bond motifs is 1. The van der Waals surface area contributed by atoms with Crippen molar-refractivity contribution in [3.8, 4) is 0 Å². The molecule has 0 aliphatic rings. The summed E-state index contributed by atoms with van der Waals surface area (Å²) in [4.78, 5) is 16.0. The van der Waals surface area contributed by atoms with Crippen molar-refractivity contribution in [2.45, 2.75) is 12.5 Å². The Morgan fingerprint density at radius 3 is 2.60 bits per heavy atom. The van der Waals surface area contributed by atoms with Gasteiger partial charge in [0.15, 0.2) is 0 Å². The average molecular weight is 335 g/mol. The molecule has 128 valence electrons. The van der Waals surface area contributed by atoms with Gasteiger partial charge in [-0.2, -0.15) is 0 Å². The smallest absolute Gasteiger partial charge is 0.314 e. The second-order valence-electron chi connectivity index (χ2n) is 5.83. The van der Waals surface area contributed by atoms with Gasteiger partial charge in [-0.1, -0.05) is 42.5 Å². The molecular weight excluding hydrogens is 314 g/mol. The highest BCUT2D eigenvalue weighted by molar-refractivity contribution is 5.83. The molecule has 2 amide bonds. The van der Waals surface area contributed by atoms with Crippen molar-refractivity contribution >= 4 is 16.8 Å². The molecule has 5 heteroatoms. The number of pyridine rings is 1. The summed E-state index contributed by atoms with van der Waals surface area (Å²) in [6.45, 7) is 0.655. The van der Waals surface area contributed by atoms with Crippen LogP contribution in [-0.2, 0) is 6.42 Å². The molecule has 3 rings (SSSR count). The lowest BCUT2D eigenvalue weighted by atomic mass is 10.0. The third kappa shape index (κ3) is 4.78. The molecule has 25 heavy (non-hydrogen) atoms. The molecule has 0 aliphatic heterocycles. The van der Waals surface area contributed by atoms with Crippen LogP contribution in [0.2, 0.25) is 0 Å². The molecule has 0 saturated heterocycles. The van der Waals surface area contributed by atoms with Crippen LogP contribution in [-0.4, -0.2) is 29.2 Å². The first-order valence-electron chi connectivity index (χ1n) is 8.31. The Morgan fingerprint density at radius 1 is 1.00 bits per heavy atom. The van der Waals surface area contributed by atoms with Crippen LogP contribution in [0.4, 0.5) is 4.79 Å². The summed E-state index contributed by atoms with van der Waals surface area (Å²) in [5.74, 6) is 0. The normalized spacial score (nSPS) is 11.9. The highest BCUT2D eigenvalue weighted by atomic mass is 16.3. The predicted molar refractivity (Wildman–Crippen MR) is 98.3 cm³/mol. The zero-order chi connectivity index (χ0) is 17.5. The highest BCUT2D eigenvalue weighted by Gasteiger charge is 2.10. The van der Waals surface area contributed by atoms with Crippen LogP contribution in [0, 0.1) is 0 Å². The number of hydrogen-bond donors (Lipinski definition) is 3. The third-order valence-corrected chi connectivity index (χ3v) is 4.01. The topological polar surface area (TPSA) is 74.2 Å². The molecule has 1 heterocycles. The average Bonchev–Trinajstić information content (AvgIpc) is 2.66. The number of aromatic nitrogens is 1. The molecule has 0 aliphatic carbocycles. The number of urea groups is 1. The van der Waals surface area contributed by atoms with Crippen molar-refractivity contribution in [3.05, 3.63) is 78.1 Å². The van der Waals surface area contributed by atoms with Crippen LogP contribution >= 0.6 is 0 Å². The number of nitrogens with one attached hydrogen (secondary N) is 2. The number of carbonyl (C=O) groups excluding carboxylic acids is 1. The van der Waals surface area contributed by atoms with E-state index >= 15 is 0 Å². The minimum absolute atomic E-state index is 0.160. The number of aliphatic hydroxyl groups excluding tert-OH is 1. The highest BCUT2D eigenvalue weighted by Crippen LogP contribution is 2.19. The van der Waals surface area contributed by atoms with E-state index in [1.807, 2.05) is 60.7 Å². The number of benzene rings is 2. The Labute approximate surface area is 146 Å². The first-order chi connectivity index (χ1) is 12.2. The maximum absolute atomic E-state index is 11.8. The quantitative estimate of drug-likeness (QED) is 0.648. The fourth-order valence-corrected chi connectivity index (χ4v) is 2.63. The third-order valence-electron chi connectivity index (χ3n) is 4.01. The van der Waals surface area contributed by atoms with Gasteiger partial charge in [0, 0.05) is 31.4 Å². The van der Waals surface area contributed by atoms with Crippen molar-refractivity contribution in [3.63, 3.8) is 0 Å². The molecule has 0 radical (unpaired) electrons. The van der Waals surface area contributed by atoms with Crippen molar-refractivity contribution in [2.24, 2.45) is 0 Å². The van der Waals surface area contributed by atoms with Crippen LogP contribution in [0.15, 0.2) is 66.9 Å². The summed E-state index contributed by atoms with van der Waals surface area (Å²) in [6.07, 6.45) is 1.66. The molecule has 0 saturated carbocycles. The standard InChI is InChI=1S/C20H21N3O2/c24-19(17-9-8-15-5-1-2-6-16(15)13-17)14-23-20(25)22-12-10-18-7-3-4-11-21-18/h1-9,11,13,19,24H,10,12,14H2,(H2,22,23,25). The van der Waals surface area contributed by atoms with Crippen LogP contribution in [0.5, 0.6) is 0 Å². The van der Waals surface area contributed by atoms with Crippen molar-refractivity contribution in [1.82, 2.24) is 15.6 Å². The monoisotopic (exact) mass is 335 g/mol. The number of aliphatic hydroxyl groups is 1. The van der Waals surface area contributed by atoms with Gasteiger partial charge >= 0.3 is 6.03 Å². The van der Waals surface area contributed by atoms with Gasteiger partial charge in [0.1, 0.15) is 0 Å². The van der Waals surface area contributed by atoms with Gasteiger partial charge in [0.2, 0.25) is 0 Å². The zero-order valence-corrected chi connectivity index (χ0v) is 13.9. The SMILES string of the molecule is O=C(NCCc1ccccn1)NCC(O)c1ccc2ccccc2c1. The van der Waals surface area contributed by atoms with Crippen LogP contribution in [0.25, 0.3) is 10.8 Å². The Bertz CT molecular complexity index is 836. The Kier molecular flexibility index (Phi) is 5.59. The van der Waals surface area contributed by atoms with Crippen LogP contribution < -0.4 is 10.6 Å². The number of nitrogens with zero attached hydrogens (tertiary/aromatic N) is 1.